The van der Waals surface area contributed by atoms with Gasteiger partial charge in [0.25, 0.3) is 0 Å². The van der Waals surface area contributed by atoms with Crippen molar-refractivity contribution in [3.63, 3.8) is 0 Å². The molecule has 0 spiro atoms. The molecule has 3 aromatic carbocycles. The number of hydrogen-bond acceptors (Lipinski definition) is 2. The molecular weight excluding hydrogens is 380 g/mol. The molecule has 1 N–H and O–H groups in total. The van der Waals surface area contributed by atoms with Crippen LogP contribution in [0.3, 0.4) is 0 Å². The molecule has 0 bridgehead atoms. The Labute approximate surface area is 186 Å². The highest BCUT2D eigenvalue weighted by Crippen LogP contribution is 2.46. The molecule has 0 fully saturated rings. The van der Waals surface area contributed by atoms with Crippen LogP contribution in [0.2, 0.25) is 0 Å². The van der Waals surface area contributed by atoms with E-state index in [1.165, 1.54) is 40.7 Å². The first-order chi connectivity index (χ1) is 14.8. The molecule has 160 valence electrons. The van der Waals surface area contributed by atoms with E-state index in [-0.39, 0.29) is 17.4 Å². The molecule has 2 heteroatoms. The highest BCUT2D eigenvalue weighted by molar-refractivity contribution is 5.91. The molecule has 0 saturated heterocycles. The van der Waals surface area contributed by atoms with Crippen LogP contribution in [0.5, 0.6) is 0 Å². The first-order valence-electron chi connectivity index (χ1n) is 11.1. The number of rotatable bonds is 5. The van der Waals surface area contributed by atoms with Gasteiger partial charge in [-0.3, -0.25) is 5.26 Å². The summed E-state index contributed by atoms with van der Waals surface area (Å²) in [7, 11) is 0. The maximum absolute atomic E-state index is 8.70. The van der Waals surface area contributed by atoms with Crippen molar-refractivity contribution in [1.82, 2.24) is 0 Å². The molecule has 0 aliphatic heterocycles. The van der Waals surface area contributed by atoms with E-state index in [4.69, 9.17) is 5.26 Å². The Morgan fingerprint density at radius 1 is 0.806 bits per heavy atom. The number of hydrogen-bond donors (Lipinski definition) is 1. The molecule has 0 aromatic heterocycles. The smallest absolute Gasteiger partial charge is 0.107 e. The summed E-state index contributed by atoms with van der Waals surface area (Å²) in [6.45, 7) is 9.68. The van der Waals surface area contributed by atoms with Crippen LogP contribution in [0.15, 0.2) is 72.8 Å². The molecular formula is C29H32O2. The van der Waals surface area contributed by atoms with Crippen LogP contribution in [0.1, 0.15) is 73.9 Å². The zero-order valence-electron chi connectivity index (χ0n) is 19.0. The van der Waals surface area contributed by atoms with Gasteiger partial charge in [-0.25, -0.2) is 4.89 Å². The summed E-state index contributed by atoms with van der Waals surface area (Å²) in [4.78, 5) is 4.26. The molecule has 0 atom stereocenters. The largest absolute Gasteiger partial charge is 0.251 e. The Hall–Kier alpha value is -2.68. The Morgan fingerprint density at radius 2 is 1.45 bits per heavy atom. The molecule has 3 aromatic rings. The van der Waals surface area contributed by atoms with Gasteiger partial charge in [-0.1, -0.05) is 100 Å². The van der Waals surface area contributed by atoms with Crippen LogP contribution < -0.4 is 0 Å². The van der Waals surface area contributed by atoms with Crippen LogP contribution in [0.4, 0.5) is 0 Å². The van der Waals surface area contributed by atoms with Crippen LogP contribution in [-0.2, 0) is 22.3 Å². The van der Waals surface area contributed by atoms with Crippen molar-refractivity contribution in [1.29, 1.82) is 0 Å². The van der Waals surface area contributed by atoms with Crippen molar-refractivity contribution in [3.8, 4) is 0 Å². The summed E-state index contributed by atoms with van der Waals surface area (Å²) >= 11 is 0. The van der Waals surface area contributed by atoms with Crippen molar-refractivity contribution < 1.29 is 10.1 Å². The van der Waals surface area contributed by atoms with Crippen molar-refractivity contribution in [2.45, 2.75) is 58.0 Å². The summed E-state index contributed by atoms with van der Waals surface area (Å²) < 4.78 is 0. The molecule has 0 unspecified atom stereocenters. The second-order valence-corrected chi connectivity index (χ2v) is 9.97. The van der Waals surface area contributed by atoms with Gasteiger partial charge in [0.15, 0.2) is 0 Å². The molecule has 0 radical (unpaired) electrons. The van der Waals surface area contributed by atoms with Crippen LogP contribution in [0, 0.1) is 0 Å². The minimum Gasteiger partial charge on any atom is -0.251 e. The van der Waals surface area contributed by atoms with E-state index >= 15 is 0 Å². The fourth-order valence-corrected chi connectivity index (χ4v) is 4.66. The molecule has 0 amide bonds. The standard InChI is InChI=1S/C29H32O2/c1-28(2)16-17-29(3,4)27-19-24(14-15-26(27)28)25(23-8-6-5-7-9-23)18-21-10-12-22(13-11-21)20-31-30/h5-15,18-19,30H,16-17,20H2,1-4H3/b25-18-. The minimum atomic E-state index is 0.175. The second kappa shape index (κ2) is 8.45. The molecule has 0 saturated carbocycles. The minimum absolute atomic E-state index is 0.175. The lowest BCUT2D eigenvalue weighted by atomic mass is 9.63. The second-order valence-electron chi connectivity index (χ2n) is 9.97. The Morgan fingerprint density at radius 3 is 2.10 bits per heavy atom. The lowest BCUT2D eigenvalue weighted by Crippen LogP contribution is -2.33. The quantitative estimate of drug-likeness (QED) is 0.265. The van der Waals surface area contributed by atoms with E-state index in [1.54, 1.807) is 0 Å². The van der Waals surface area contributed by atoms with Gasteiger partial charge in [0.2, 0.25) is 0 Å². The SMILES string of the molecule is CC1(C)CCC(C)(C)c2cc(/C(=C\c3ccc(COO)cc3)c3ccccc3)ccc21. The Kier molecular flexibility index (Phi) is 5.88. The van der Waals surface area contributed by atoms with Gasteiger partial charge in [-0.05, 0) is 68.7 Å². The molecule has 2 nitrogen and oxygen atoms in total. The van der Waals surface area contributed by atoms with Crippen LogP contribution in [0.25, 0.3) is 11.6 Å². The topological polar surface area (TPSA) is 29.5 Å². The third kappa shape index (κ3) is 4.51. The molecule has 1 aliphatic carbocycles. The van der Waals surface area contributed by atoms with Crippen molar-refractivity contribution in [3.05, 3.63) is 106 Å². The lowest BCUT2D eigenvalue weighted by molar-refractivity contribution is -0.253. The summed E-state index contributed by atoms with van der Waals surface area (Å²) in [6, 6.07) is 25.8. The van der Waals surface area contributed by atoms with E-state index in [0.717, 1.165) is 11.1 Å². The first kappa shape index (κ1) is 21.5. The van der Waals surface area contributed by atoms with E-state index in [9.17, 15) is 0 Å². The van der Waals surface area contributed by atoms with E-state index < -0.39 is 0 Å². The average molecular weight is 413 g/mol. The predicted molar refractivity (Wildman–Crippen MR) is 129 cm³/mol. The van der Waals surface area contributed by atoms with E-state index in [2.05, 4.69) is 99.3 Å². The highest BCUT2D eigenvalue weighted by Gasteiger charge is 2.37. The van der Waals surface area contributed by atoms with Gasteiger partial charge in [-0.2, -0.15) is 0 Å². The third-order valence-electron chi connectivity index (χ3n) is 6.77. The van der Waals surface area contributed by atoms with Crippen molar-refractivity contribution >= 4 is 11.6 Å². The van der Waals surface area contributed by atoms with Crippen molar-refractivity contribution in [2.24, 2.45) is 0 Å². The normalized spacial score (nSPS) is 17.3. The van der Waals surface area contributed by atoms with Gasteiger partial charge >= 0.3 is 0 Å². The van der Waals surface area contributed by atoms with Gasteiger partial charge in [0.05, 0.1) is 0 Å². The maximum atomic E-state index is 8.70. The Balaban J connectivity index is 1.84. The van der Waals surface area contributed by atoms with Crippen LogP contribution in [-0.4, -0.2) is 5.26 Å². The Bertz CT molecular complexity index is 1070. The molecule has 0 heterocycles. The average Bonchev–Trinajstić information content (AvgIpc) is 2.77. The maximum Gasteiger partial charge on any atom is 0.107 e. The van der Waals surface area contributed by atoms with Gasteiger partial charge in [-0.15, -0.1) is 0 Å². The zero-order chi connectivity index (χ0) is 22.1. The zero-order valence-corrected chi connectivity index (χ0v) is 19.0. The fraction of sp³-hybridized carbons (Fsp3) is 0.310. The van der Waals surface area contributed by atoms with E-state index in [0.29, 0.717) is 0 Å². The van der Waals surface area contributed by atoms with E-state index in [1.807, 2.05) is 12.1 Å². The number of benzene rings is 3. The fourth-order valence-electron chi connectivity index (χ4n) is 4.66. The number of fused-ring (bicyclic) bond motifs is 1. The summed E-state index contributed by atoms with van der Waals surface area (Å²) in [5.41, 5.74) is 9.08. The summed E-state index contributed by atoms with van der Waals surface area (Å²) in [5, 5.41) is 8.70. The molecule has 1 aliphatic rings. The summed E-state index contributed by atoms with van der Waals surface area (Å²) in [5.74, 6) is 0. The molecule has 31 heavy (non-hydrogen) atoms. The van der Waals surface area contributed by atoms with Gasteiger partial charge in [0, 0.05) is 0 Å². The predicted octanol–water partition coefficient (Wildman–Crippen LogP) is 7.61. The van der Waals surface area contributed by atoms with Crippen molar-refractivity contribution in [2.75, 3.05) is 0 Å². The van der Waals surface area contributed by atoms with Gasteiger partial charge in [0.1, 0.15) is 6.61 Å². The molecule has 4 rings (SSSR count). The summed E-state index contributed by atoms with van der Waals surface area (Å²) in [6.07, 6.45) is 4.68. The lowest BCUT2D eigenvalue weighted by Gasteiger charge is -2.42. The highest BCUT2D eigenvalue weighted by atomic mass is 17.1. The van der Waals surface area contributed by atoms with Crippen LogP contribution >= 0.6 is 0 Å². The monoisotopic (exact) mass is 412 g/mol. The van der Waals surface area contributed by atoms with Gasteiger partial charge < -0.3 is 0 Å². The third-order valence-corrected chi connectivity index (χ3v) is 6.77. The first-order valence-corrected chi connectivity index (χ1v) is 11.1.